The first-order valence-electron chi connectivity index (χ1n) is 21.2. The van der Waals surface area contributed by atoms with E-state index in [1.54, 1.807) is 0 Å². The fraction of sp³-hybridized carbons (Fsp3) is 0. The Labute approximate surface area is 366 Å². The van der Waals surface area contributed by atoms with Crippen LogP contribution in [0.1, 0.15) is 0 Å². The van der Waals surface area contributed by atoms with E-state index in [2.05, 4.69) is 185 Å². The molecule has 9 aromatic carbocycles. The Kier molecular flexibility index (Phi) is 8.01. The standard InChI is InChI=1S/C57H35N5S/c1-5-17-36(18-6-1)39-31-34-48-46(35-39)41-25-13-14-28-47(41)62(48)49-29-16-30-50-51(49)44-33-32-43-42-26-15-27-45(52(42)61(53(43)54(44)63-50)40-23-11-4-12-24-40)57-59-55(37-19-7-2-8-20-37)58-56(60-57)38-21-9-3-10-22-38/h1-35H. The van der Waals surface area contributed by atoms with E-state index in [9.17, 15) is 0 Å². The highest BCUT2D eigenvalue weighted by atomic mass is 32.1. The van der Waals surface area contributed by atoms with Crippen molar-refractivity contribution in [3.05, 3.63) is 212 Å². The molecular formula is C57H35N5S. The van der Waals surface area contributed by atoms with Crippen molar-refractivity contribution in [3.8, 4) is 56.7 Å². The third-order valence-corrected chi connectivity index (χ3v) is 13.5. The molecule has 4 heterocycles. The van der Waals surface area contributed by atoms with Crippen LogP contribution in [0.25, 0.3) is 120 Å². The average molecular weight is 822 g/mol. The van der Waals surface area contributed by atoms with Crippen LogP contribution in [-0.2, 0) is 0 Å². The zero-order valence-electron chi connectivity index (χ0n) is 33.9. The van der Waals surface area contributed by atoms with Crippen LogP contribution in [0.15, 0.2) is 212 Å². The van der Waals surface area contributed by atoms with Crippen molar-refractivity contribution in [3.63, 3.8) is 0 Å². The van der Waals surface area contributed by atoms with Crippen molar-refractivity contribution < 1.29 is 0 Å². The minimum Gasteiger partial charge on any atom is -0.309 e. The van der Waals surface area contributed by atoms with E-state index in [1.165, 1.54) is 69.7 Å². The van der Waals surface area contributed by atoms with Crippen LogP contribution in [0.2, 0.25) is 0 Å². The van der Waals surface area contributed by atoms with Crippen LogP contribution in [0.4, 0.5) is 0 Å². The van der Waals surface area contributed by atoms with E-state index in [0.717, 1.165) is 33.3 Å². The summed E-state index contributed by atoms with van der Waals surface area (Å²) in [6.07, 6.45) is 0. The van der Waals surface area contributed by atoms with E-state index in [1.807, 2.05) is 47.7 Å². The monoisotopic (exact) mass is 821 g/mol. The quantitative estimate of drug-likeness (QED) is 0.168. The molecule has 13 aromatic rings. The number of rotatable bonds is 6. The van der Waals surface area contributed by atoms with Crippen LogP contribution in [0.5, 0.6) is 0 Å². The van der Waals surface area contributed by atoms with Gasteiger partial charge in [0.1, 0.15) is 0 Å². The third kappa shape index (κ3) is 5.59. The van der Waals surface area contributed by atoms with Crippen molar-refractivity contribution in [2.45, 2.75) is 0 Å². The fourth-order valence-corrected chi connectivity index (χ4v) is 10.8. The molecule has 0 amide bonds. The summed E-state index contributed by atoms with van der Waals surface area (Å²) >= 11 is 1.86. The molecule has 0 aliphatic carbocycles. The molecule has 0 fully saturated rings. The SMILES string of the molecule is c1ccc(-c2ccc3c(c2)c2ccccc2n3-c2cccc3sc4c(ccc5c6cccc(-c7nc(-c8ccccc8)nc(-c8ccccc8)n7)c6n(-c6ccccc6)c54)c23)cc1. The largest absolute Gasteiger partial charge is 0.309 e. The Morgan fingerprint density at radius 2 is 0.921 bits per heavy atom. The minimum atomic E-state index is 0.630. The maximum atomic E-state index is 5.23. The minimum absolute atomic E-state index is 0.630. The molecule has 4 aromatic heterocycles. The summed E-state index contributed by atoms with van der Waals surface area (Å²) in [6.45, 7) is 0. The predicted molar refractivity (Wildman–Crippen MR) is 263 cm³/mol. The second-order valence-electron chi connectivity index (χ2n) is 16.0. The zero-order chi connectivity index (χ0) is 41.4. The molecule has 63 heavy (non-hydrogen) atoms. The van der Waals surface area contributed by atoms with Gasteiger partial charge in [-0.2, -0.15) is 0 Å². The van der Waals surface area contributed by atoms with Crippen LogP contribution >= 0.6 is 11.3 Å². The number of thiophene rings is 1. The fourth-order valence-electron chi connectivity index (χ4n) is 9.58. The van der Waals surface area contributed by atoms with Crippen LogP contribution in [0.3, 0.4) is 0 Å². The summed E-state index contributed by atoms with van der Waals surface area (Å²) in [5, 5.41) is 7.28. The molecule has 0 aliphatic rings. The Balaban J connectivity index is 1.10. The van der Waals surface area contributed by atoms with E-state index < -0.39 is 0 Å². The average Bonchev–Trinajstić information content (AvgIpc) is 4.03. The van der Waals surface area contributed by atoms with Crippen molar-refractivity contribution in [2.24, 2.45) is 0 Å². The van der Waals surface area contributed by atoms with E-state index in [4.69, 9.17) is 15.0 Å². The van der Waals surface area contributed by atoms with Gasteiger partial charge in [-0.3, -0.25) is 0 Å². The number of fused-ring (bicyclic) bond motifs is 10. The molecule has 0 saturated heterocycles. The maximum absolute atomic E-state index is 5.23. The van der Waals surface area contributed by atoms with Gasteiger partial charge in [0.2, 0.25) is 0 Å². The number of para-hydroxylation sites is 3. The van der Waals surface area contributed by atoms with Crippen LogP contribution in [0, 0.1) is 0 Å². The van der Waals surface area contributed by atoms with Gasteiger partial charge in [0.05, 0.1) is 32.5 Å². The van der Waals surface area contributed by atoms with Gasteiger partial charge in [-0.15, -0.1) is 11.3 Å². The zero-order valence-corrected chi connectivity index (χ0v) is 34.7. The van der Waals surface area contributed by atoms with Gasteiger partial charge < -0.3 is 9.13 Å². The lowest BCUT2D eigenvalue weighted by molar-refractivity contribution is 1.07. The van der Waals surface area contributed by atoms with Crippen molar-refractivity contribution in [1.82, 2.24) is 24.1 Å². The molecule has 0 bridgehead atoms. The molecule has 6 heteroatoms. The van der Waals surface area contributed by atoms with E-state index in [0.29, 0.717) is 17.5 Å². The molecule has 294 valence electrons. The van der Waals surface area contributed by atoms with Gasteiger partial charge in [-0.1, -0.05) is 164 Å². The molecule has 0 aliphatic heterocycles. The van der Waals surface area contributed by atoms with Crippen molar-refractivity contribution in [2.75, 3.05) is 0 Å². The first kappa shape index (κ1) is 35.6. The number of hydrogen-bond donors (Lipinski definition) is 0. The van der Waals surface area contributed by atoms with Crippen LogP contribution < -0.4 is 0 Å². The topological polar surface area (TPSA) is 48.5 Å². The molecule has 0 saturated carbocycles. The van der Waals surface area contributed by atoms with Crippen LogP contribution in [-0.4, -0.2) is 24.1 Å². The summed E-state index contributed by atoms with van der Waals surface area (Å²) in [5.74, 6) is 1.91. The van der Waals surface area contributed by atoms with E-state index >= 15 is 0 Å². The highest BCUT2D eigenvalue weighted by Gasteiger charge is 2.24. The molecule has 0 spiro atoms. The number of nitrogens with zero attached hydrogens (tertiary/aromatic N) is 5. The maximum Gasteiger partial charge on any atom is 0.166 e. The summed E-state index contributed by atoms with van der Waals surface area (Å²) in [7, 11) is 0. The number of benzene rings is 9. The first-order valence-corrected chi connectivity index (χ1v) is 22.0. The predicted octanol–water partition coefficient (Wildman–Crippen LogP) is 15.1. The highest BCUT2D eigenvalue weighted by Crippen LogP contribution is 2.47. The molecule has 0 radical (unpaired) electrons. The van der Waals surface area contributed by atoms with Gasteiger partial charge in [0, 0.05) is 59.4 Å². The normalized spacial score (nSPS) is 11.8. The Hall–Kier alpha value is -8.19. The lowest BCUT2D eigenvalue weighted by Crippen LogP contribution is -2.02. The molecule has 5 nitrogen and oxygen atoms in total. The highest BCUT2D eigenvalue weighted by molar-refractivity contribution is 7.26. The second-order valence-corrected chi connectivity index (χ2v) is 17.0. The molecular weight excluding hydrogens is 787 g/mol. The summed E-state index contributed by atoms with van der Waals surface area (Å²) in [6, 6.07) is 75.5. The Morgan fingerprint density at radius 3 is 1.65 bits per heavy atom. The molecule has 0 unspecified atom stereocenters. The van der Waals surface area contributed by atoms with Gasteiger partial charge in [-0.05, 0) is 59.7 Å². The van der Waals surface area contributed by atoms with Crippen molar-refractivity contribution in [1.29, 1.82) is 0 Å². The first-order chi connectivity index (χ1) is 31.3. The second kappa shape index (κ2) is 14.2. The molecule has 13 rings (SSSR count). The molecule has 0 atom stereocenters. The van der Waals surface area contributed by atoms with Crippen molar-refractivity contribution >= 4 is 75.1 Å². The van der Waals surface area contributed by atoms with Gasteiger partial charge in [0.15, 0.2) is 17.5 Å². The van der Waals surface area contributed by atoms with E-state index in [-0.39, 0.29) is 0 Å². The number of hydrogen-bond acceptors (Lipinski definition) is 4. The summed E-state index contributed by atoms with van der Waals surface area (Å²) < 4.78 is 7.39. The lowest BCUT2D eigenvalue weighted by atomic mass is 10.0. The summed E-state index contributed by atoms with van der Waals surface area (Å²) in [4.78, 5) is 15.5. The molecule has 0 N–H and O–H groups in total. The Morgan fingerprint density at radius 1 is 0.349 bits per heavy atom. The smallest absolute Gasteiger partial charge is 0.166 e. The lowest BCUT2D eigenvalue weighted by Gasteiger charge is -2.13. The number of aromatic nitrogens is 5. The third-order valence-electron chi connectivity index (χ3n) is 12.4. The Bertz CT molecular complexity index is 3830. The van der Waals surface area contributed by atoms with Gasteiger partial charge in [-0.25, -0.2) is 15.0 Å². The van der Waals surface area contributed by atoms with Gasteiger partial charge >= 0.3 is 0 Å². The van der Waals surface area contributed by atoms with Gasteiger partial charge in [0.25, 0.3) is 0 Å². The summed E-state index contributed by atoms with van der Waals surface area (Å²) in [5.41, 5.74) is 12.1.